The second-order valence-electron chi connectivity index (χ2n) is 5.96. The zero-order chi connectivity index (χ0) is 18.6. The highest BCUT2D eigenvalue weighted by molar-refractivity contribution is 6.03. The summed E-state index contributed by atoms with van der Waals surface area (Å²) in [7, 11) is 0. The molecule has 0 unspecified atom stereocenters. The zero-order valence-corrected chi connectivity index (χ0v) is 14.1. The fourth-order valence-electron chi connectivity index (χ4n) is 2.11. The highest BCUT2D eigenvalue weighted by Crippen LogP contribution is 2.34. The van der Waals surface area contributed by atoms with Crippen molar-refractivity contribution in [2.75, 3.05) is 17.2 Å². The van der Waals surface area contributed by atoms with E-state index in [0.717, 1.165) is 6.07 Å². The van der Waals surface area contributed by atoms with Crippen LogP contribution in [-0.2, 0) is 6.18 Å². The SMILES string of the molecule is Cc1nc(NCC(C)C)cc(C(=O)Nc2ccccc2C(F)(F)F)n1. The van der Waals surface area contributed by atoms with Crippen LogP contribution in [0.15, 0.2) is 30.3 Å². The Labute approximate surface area is 143 Å². The fraction of sp³-hybridized carbons (Fsp3) is 0.353. The first kappa shape index (κ1) is 18.7. The summed E-state index contributed by atoms with van der Waals surface area (Å²) >= 11 is 0. The third-order valence-corrected chi connectivity index (χ3v) is 3.24. The molecular formula is C17H19F3N4O. The first-order chi connectivity index (χ1) is 11.7. The van der Waals surface area contributed by atoms with E-state index in [2.05, 4.69) is 20.6 Å². The van der Waals surface area contributed by atoms with E-state index in [4.69, 9.17) is 0 Å². The lowest BCUT2D eigenvalue weighted by Gasteiger charge is -2.14. The number of nitrogens with one attached hydrogen (secondary N) is 2. The number of hydrogen-bond donors (Lipinski definition) is 2. The van der Waals surface area contributed by atoms with Crippen LogP contribution >= 0.6 is 0 Å². The molecule has 2 N–H and O–H groups in total. The Balaban J connectivity index is 2.25. The predicted octanol–water partition coefficient (Wildman–Crippen LogP) is 4.12. The first-order valence-electron chi connectivity index (χ1n) is 7.74. The maximum absolute atomic E-state index is 13.0. The monoisotopic (exact) mass is 352 g/mol. The molecule has 25 heavy (non-hydrogen) atoms. The number of benzene rings is 1. The standard InChI is InChI=1S/C17H19F3N4O/c1-10(2)9-21-15-8-14(22-11(3)23-15)16(25)24-13-7-5-4-6-12(13)17(18,19)20/h4-8,10H,9H2,1-3H3,(H,24,25)(H,21,22,23). The van der Waals surface area contributed by atoms with E-state index in [0.29, 0.717) is 24.1 Å². The van der Waals surface area contributed by atoms with E-state index >= 15 is 0 Å². The highest BCUT2D eigenvalue weighted by Gasteiger charge is 2.33. The van der Waals surface area contributed by atoms with Crippen LogP contribution in [0.4, 0.5) is 24.7 Å². The van der Waals surface area contributed by atoms with Crippen molar-refractivity contribution in [1.82, 2.24) is 9.97 Å². The van der Waals surface area contributed by atoms with Gasteiger partial charge in [0.2, 0.25) is 0 Å². The van der Waals surface area contributed by atoms with E-state index in [1.165, 1.54) is 24.3 Å². The molecule has 2 aromatic rings. The van der Waals surface area contributed by atoms with Gasteiger partial charge >= 0.3 is 6.18 Å². The van der Waals surface area contributed by atoms with Gasteiger partial charge in [-0.15, -0.1) is 0 Å². The summed E-state index contributed by atoms with van der Waals surface area (Å²) in [6.45, 7) is 6.29. The van der Waals surface area contributed by atoms with Crippen LogP contribution in [0.25, 0.3) is 0 Å². The number of amides is 1. The van der Waals surface area contributed by atoms with Gasteiger partial charge in [-0.3, -0.25) is 4.79 Å². The molecule has 0 aliphatic rings. The molecule has 0 atom stereocenters. The number of hydrogen-bond acceptors (Lipinski definition) is 4. The van der Waals surface area contributed by atoms with Gasteiger partial charge in [-0.05, 0) is 25.0 Å². The van der Waals surface area contributed by atoms with E-state index in [1.54, 1.807) is 6.92 Å². The molecule has 0 bridgehead atoms. The van der Waals surface area contributed by atoms with Crippen LogP contribution < -0.4 is 10.6 Å². The Bertz CT molecular complexity index is 760. The lowest BCUT2D eigenvalue weighted by Crippen LogP contribution is -2.19. The molecule has 0 fully saturated rings. The lowest BCUT2D eigenvalue weighted by molar-refractivity contribution is -0.136. The Morgan fingerprint density at radius 2 is 1.88 bits per heavy atom. The number of anilines is 2. The van der Waals surface area contributed by atoms with Crippen molar-refractivity contribution in [3.8, 4) is 0 Å². The summed E-state index contributed by atoms with van der Waals surface area (Å²) < 4.78 is 39.1. The van der Waals surface area contributed by atoms with Gasteiger partial charge in [-0.1, -0.05) is 26.0 Å². The van der Waals surface area contributed by atoms with E-state index < -0.39 is 17.6 Å². The molecule has 0 radical (unpaired) electrons. The summed E-state index contributed by atoms with van der Waals surface area (Å²) in [5.74, 6) is 0.444. The summed E-state index contributed by atoms with van der Waals surface area (Å²) in [5, 5.41) is 5.34. The van der Waals surface area contributed by atoms with Crippen LogP contribution in [0.1, 0.15) is 35.7 Å². The molecule has 0 aliphatic heterocycles. The van der Waals surface area contributed by atoms with Crippen molar-refractivity contribution in [2.45, 2.75) is 26.9 Å². The fourth-order valence-corrected chi connectivity index (χ4v) is 2.11. The third-order valence-electron chi connectivity index (χ3n) is 3.24. The van der Waals surface area contributed by atoms with E-state index in [1.807, 2.05) is 13.8 Å². The maximum atomic E-state index is 13.0. The minimum Gasteiger partial charge on any atom is -0.370 e. The van der Waals surface area contributed by atoms with Crippen molar-refractivity contribution < 1.29 is 18.0 Å². The normalized spacial score (nSPS) is 11.5. The Morgan fingerprint density at radius 3 is 2.52 bits per heavy atom. The van der Waals surface area contributed by atoms with E-state index in [-0.39, 0.29) is 11.4 Å². The predicted molar refractivity (Wildman–Crippen MR) is 89.5 cm³/mol. The van der Waals surface area contributed by atoms with Gasteiger partial charge in [0.05, 0.1) is 11.3 Å². The number of carbonyl (C=O) groups excluding carboxylic acids is 1. The highest BCUT2D eigenvalue weighted by atomic mass is 19.4. The molecule has 2 rings (SSSR count). The molecule has 1 aromatic carbocycles. The van der Waals surface area contributed by atoms with Gasteiger partial charge in [0.15, 0.2) is 0 Å². The topological polar surface area (TPSA) is 66.9 Å². The average Bonchev–Trinajstić information content (AvgIpc) is 2.52. The number of rotatable bonds is 5. The summed E-state index contributed by atoms with van der Waals surface area (Å²) in [5.41, 5.74) is -1.23. The Hall–Kier alpha value is -2.64. The largest absolute Gasteiger partial charge is 0.418 e. The molecule has 134 valence electrons. The van der Waals surface area contributed by atoms with Gasteiger partial charge in [-0.25, -0.2) is 9.97 Å². The second-order valence-corrected chi connectivity index (χ2v) is 5.96. The zero-order valence-electron chi connectivity index (χ0n) is 14.1. The van der Waals surface area contributed by atoms with Gasteiger partial charge in [0.1, 0.15) is 17.3 Å². The molecular weight excluding hydrogens is 333 g/mol. The smallest absolute Gasteiger partial charge is 0.370 e. The Kier molecular flexibility index (Phi) is 5.61. The van der Waals surface area contributed by atoms with Crippen LogP contribution in [0.3, 0.4) is 0 Å². The summed E-state index contributed by atoms with van der Waals surface area (Å²) in [6, 6.07) is 6.22. The number of nitrogens with zero attached hydrogens (tertiary/aromatic N) is 2. The molecule has 1 amide bonds. The van der Waals surface area contributed by atoms with Crippen LogP contribution in [-0.4, -0.2) is 22.4 Å². The number of carbonyl (C=O) groups is 1. The molecule has 0 spiro atoms. The minimum absolute atomic E-state index is 0.00395. The van der Waals surface area contributed by atoms with Crippen molar-refractivity contribution in [3.63, 3.8) is 0 Å². The number of alkyl halides is 3. The third kappa shape index (κ3) is 5.17. The molecule has 8 heteroatoms. The maximum Gasteiger partial charge on any atom is 0.418 e. The number of para-hydroxylation sites is 1. The molecule has 0 saturated heterocycles. The van der Waals surface area contributed by atoms with Gasteiger partial charge in [0.25, 0.3) is 5.91 Å². The minimum atomic E-state index is -4.56. The molecule has 1 heterocycles. The summed E-state index contributed by atoms with van der Waals surface area (Å²) in [4.78, 5) is 20.5. The van der Waals surface area contributed by atoms with Crippen molar-refractivity contribution in [2.24, 2.45) is 5.92 Å². The van der Waals surface area contributed by atoms with Crippen LogP contribution in [0.2, 0.25) is 0 Å². The quantitative estimate of drug-likeness (QED) is 0.849. The van der Waals surface area contributed by atoms with E-state index in [9.17, 15) is 18.0 Å². The number of aryl methyl sites for hydroxylation is 1. The van der Waals surface area contributed by atoms with Crippen molar-refractivity contribution >= 4 is 17.4 Å². The second kappa shape index (κ2) is 7.50. The molecule has 1 aromatic heterocycles. The van der Waals surface area contributed by atoms with Gasteiger partial charge in [-0.2, -0.15) is 13.2 Å². The van der Waals surface area contributed by atoms with Crippen LogP contribution in [0, 0.1) is 12.8 Å². The Morgan fingerprint density at radius 1 is 1.20 bits per heavy atom. The summed E-state index contributed by atoms with van der Waals surface area (Å²) in [6.07, 6.45) is -4.56. The van der Waals surface area contributed by atoms with Crippen molar-refractivity contribution in [3.05, 3.63) is 47.4 Å². The van der Waals surface area contributed by atoms with Crippen molar-refractivity contribution in [1.29, 1.82) is 0 Å². The number of aromatic nitrogens is 2. The lowest BCUT2D eigenvalue weighted by atomic mass is 10.1. The van der Waals surface area contributed by atoms with Gasteiger partial charge in [0, 0.05) is 12.6 Å². The molecule has 0 aliphatic carbocycles. The van der Waals surface area contributed by atoms with Crippen LogP contribution in [0.5, 0.6) is 0 Å². The molecule has 5 nitrogen and oxygen atoms in total. The first-order valence-corrected chi connectivity index (χ1v) is 7.74. The average molecular weight is 352 g/mol. The van der Waals surface area contributed by atoms with Gasteiger partial charge < -0.3 is 10.6 Å². The number of halogens is 3. The molecule has 0 saturated carbocycles.